The topological polar surface area (TPSA) is 70.2 Å². The van der Waals surface area contributed by atoms with E-state index in [1.165, 1.54) is 6.07 Å². The van der Waals surface area contributed by atoms with Gasteiger partial charge in [-0.1, -0.05) is 76.0 Å². The van der Waals surface area contributed by atoms with Crippen LogP contribution in [0.4, 0.5) is 10.1 Å². The number of rotatable bonds is 7. The van der Waals surface area contributed by atoms with Gasteiger partial charge < -0.3 is 20.7 Å². The van der Waals surface area contributed by atoms with E-state index in [4.69, 9.17) is 23.2 Å². The molecule has 1 amide bonds. The molecule has 40 heavy (non-hydrogen) atoms. The van der Waals surface area contributed by atoms with E-state index in [0.29, 0.717) is 22.7 Å². The van der Waals surface area contributed by atoms with Crippen LogP contribution in [0.5, 0.6) is 0 Å². The molecule has 1 saturated carbocycles. The van der Waals surface area contributed by atoms with Gasteiger partial charge in [0.2, 0.25) is 5.91 Å². The molecule has 8 heteroatoms. The summed E-state index contributed by atoms with van der Waals surface area (Å²) >= 11 is 12.6. The van der Waals surface area contributed by atoms with Crippen LogP contribution in [0.3, 0.4) is 0 Å². The zero-order valence-electron chi connectivity index (χ0n) is 24.3. The Kier molecular flexibility index (Phi) is 8.95. The third-order valence-corrected chi connectivity index (χ3v) is 9.35. The standard InChI is InChI=1S/C32H42Cl2FN3O2/c1-30(2,3)17-25-32(18-39,22-11-10-19(33)16-24(22)36-6)26(21-8-7-9-23(34)27(21)35)28(38-25)29(40)37-20-12-14-31(4,5)15-13-20/h7-11,16,18,20,25-26,28,36,38H,12-15,17H2,1-6H3,(H,37,40)/t25-,26+,28-,32-/m1/s1. The summed E-state index contributed by atoms with van der Waals surface area (Å²) < 4.78 is 15.9. The van der Waals surface area contributed by atoms with E-state index in [-0.39, 0.29) is 33.4 Å². The number of halogens is 3. The third-order valence-electron chi connectivity index (χ3n) is 8.82. The van der Waals surface area contributed by atoms with E-state index in [1.807, 2.05) is 6.07 Å². The number of hydrogen-bond donors (Lipinski definition) is 3. The normalized spacial score (nSPS) is 26.9. The molecule has 2 aromatic rings. The van der Waals surface area contributed by atoms with E-state index in [0.717, 1.165) is 32.0 Å². The lowest BCUT2D eigenvalue weighted by Crippen LogP contribution is -2.49. The first-order chi connectivity index (χ1) is 18.7. The summed E-state index contributed by atoms with van der Waals surface area (Å²) in [5, 5.41) is 10.4. The summed E-state index contributed by atoms with van der Waals surface area (Å²) in [5.74, 6) is -1.70. The SMILES string of the molecule is CNc1cc(Cl)ccc1[C@]1(C=O)[C@@H](CC(C)(C)C)N[C@@H](C(=O)NC2CCC(C)(C)CC2)[C@@H]1c1cccc(Cl)c1F. The Hall–Kier alpha value is -2.15. The Bertz CT molecular complexity index is 1250. The van der Waals surface area contributed by atoms with Gasteiger partial charge in [-0.3, -0.25) is 4.79 Å². The van der Waals surface area contributed by atoms with Gasteiger partial charge in [0, 0.05) is 35.8 Å². The maximum atomic E-state index is 15.9. The Morgan fingerprint density at radius 1 is 1.15 bits per heavy atom. The molecule has 5 nitrogen and oxygen atoms in total. The number of hydrogen-bond acceptors (Lipinski definition) is 4. The highest BCUT2D eigenvalue weighted by molar-refractivity contribution is 6.31. The predicted molar refractivity (Wildman–Crippen MR) is 162 cm³/mol. The molecule has 1 heterocycles. The Labute approximate surface area is 248 Å². The van der Waals surface area contributed by atoms with Crippen LogP contribution < -0.4 is 16.0 Å². The van der Waals surface area contributed by atoms with Gasteiger partial charge in [0.05, 0.1) is 16.5 Å². The van der Waals surface area contributed by atoms with E-state index in [9.17, 15) is 9.59 Å². The predicted octanol–water partition coefficient (Wildman–Crippen LogP) is 7.26. The molecule has 0 aromatic heterocycles. The fourth-order valence-corrected chi connectivity index (χ4v) is 7.07. The molecule has 4 atom stereocenters. The monoisotopic (exact) mass is 589 g/mol. The number of benzene rings is 2. The highest BCUT2D eigenvalue weighted by Crippen LogP contribution is 2.53. The molecule has 218 valence electrons. The molecular formula is C32H42Cl2FN3O2. The molecule has 0 radical (unpaired) electrons. The zero-order chi connectivity index (χ0) is 29.5. The van der Waals surface area contributed by atoms with Crippen LogP contribution in [0.2, 0.25) is 10.0 Å². The molecule has 0 bridgehead atoms. The number of nitrogens with one attached hydrogen (secondary N) is 3. The van der Waals surface area contributed by atoms with Gasteiger partial charge in [-0.15, -0.1) is 0 Å². The lowest BCUT2D eigenvalue weighted by atomic mass is 9.62. The highest BCUT2D eigenvalue weighted by Gasteiger charge is 2.60. The number of aldehydes is 1. The largest absolute Gasteiger partial charge is 0.388 e. The first kappa shape index (κ1) is 30.8. The minimum atomic E-state index is -1.29. The van der Waals surface area contributed by atoms with Gasteiger partial charge >= 0.3 is 0 Å². The van der Waals surface area contributed by atoms with Gasteiger partial charge in [-0.25, -0.2) is 4.39 Å². The molecule has 4 rings (SSSR count). The minimum absolute atomic E-state index is 0.0304. The number of carbonyl (C=O) groups is 2. The van der Waals surface area contributed by atoms with Gasteiger partial charge in [-0.05, 0) is 72.3 Å². The van der Waals surface area contributed by atoms with E-state index in [2.05, 4.69) is 50.6 Å². The second-order valence-corrected chi connectivity index (χ2v) is 14.4. The van der Waals surface area contributed by atoms with Gasteiger partial charge in [-0.2, -0.15) is 0 Å². The molecule has 1 saturated heterocycles. The number of anilines is 1. The first-order valence-electron chi connectivity index (χ1n) is 14.2. The quantitative estimate of drug-likeness (QED) is 0.297. The summed E-state index contributed by atoms with van der Waals surface area (Å²) in [7, 11) is 1.76. The number of carbonyl (C=O) groups excluding carboxylic acids is 2. The average Bonchev–Trinajstić information content (AvgIpc) is 3.19. The van der Waals surface area contributed by atoms with E-state index in [1.54, 1.807) is 31.3 Å². The van der Waals surface area contributed by atoms with Crippen molar-refractivity contribution in [2.24, 2.45) is 10.8 Å². The summed E-state index contributed by atoms with van der Waals surface area (Å²) in [4.78, 5) is 27.7. The zero-order valence-corrected chi connectivity index (χ0v) is 25.8. The highest BCUT2D eigenvalue weighted by atomic mass is 35.5. The molecule has 2 aromatic carbocycles. The Morgan fingerprint density at radius 3 is 2.42 bits per heavy atom. The number of amides is 1. The Balaban J connectivity index is 1.90. The molecule has 1 aliphatic heterocycles. The smallest absolute Gasteiger partial charge is 0.238 e. The van der Waals surface area contributed by atoms with Gasteiger partial charge in [0.15, 0.2) is 0 Å². The van der Waals surface area contributed by atoms with E-state index >= 15 is 4.39 Å². The molecule has 1 aliphatic carbocycles. The average molecular weight is 591 g/mol. The van der Waals surface area contributed by atoms with Crippen molar-refractivity contribution in [3.8, 4) is 0 Å². The van der Waals surface area contributed by atoms with E-state index < -0.39 is 29.2 Å². The van der Waals surface area contributed by atoms with Crippen molar-refractivity contribution >= 4 is 41.1 Å². The van der Waals surface area contributed by atoms with Crippen LogP contribution >= 0.6 is 23.2 Å². The maximum Gasteiger partial charge on any atom is 0.238 e. The molecule has 2 fully saturated rings. The van der Waals surface area contributed by atoms with Crippen LogP contribution in [0.25, 0.3) is 0 Å². The Morgan fingerprint density at radius 2 is 1.82 bits per heavy atom. The maximum absolute atomic E-state index is 15.9. The fourth-order valence-electron chi connectivity index (χ4n) is 6.72. The van der Waals surface area contributed by atoms with Crippen molar-refractivity contribution in [1.29, 1.82) is 0 Å². The molecule has 3 N–H and O–H groups in total. The van der Waals surface area contributed by atoms with Crippen molar-refractivity contribution in [3.63, 3.8) is 0 Å². The van der Waals surface area contributed by atoms with Crippen molar-refractivity contribution in [1.82, 2.24) is 10.6 Å². The third kappa shape index (κ3) is 6.05. The molecular weight excluding hydrogens is 548 g/mol. The van der Waals surface area contributed by atoms with Crippen molar-refractivity contribution in [2.45, 2.75) is 96.2 Å². The lowest BCUT2D eigenvalue weighted by Gasteiger charge is -2.39. The second kappa shape index (κ2) is 11.6. The molecule has 0 spiro atoms. The van der Waals surface area contributed by atoms with Crippen LogP contribution in [-0.4, -0.2) is 37.4 Å². The fraction of sp³-hybridized carbons (Fsp3) is 0.562. The first-order valence-corrected chi connectivity index (χ1v) is 14.9. The van der Waals surface area contributed by atoms with Crippen LogP contribution in [0.1, 0.15) is 83.8 Å². The van der Waals surface area contributed by atoms with Gasteiger partial charge in [0.25, 0.3) is 0 Å². The molecule has 2 aliphatic rings. The van der Waals surface area contributed by atoms with Crippen molar-refractivity contribution in [3.05, 3.63) is 63.4 Å². The summed E-state index contributed by atoms with van der Waals surface area (Å²) in [6.45, 7) is 10.8. The van der Waals surface area contributed by atoms with Crippen LogP contribution in [0.15, 0.2) is 36.4 Å². The molecule has 0 unspecified atom stereocenters. The van der Waals surface area contributed by atoms with Crippen LogP contribution in [0, 0.1) is 16.6 Å². The summed E-state index contributed by atoms with van der Waals surface area (Å²) in [6.07, 6.45) is 5.27. The second-order valence-electron chi connectivity index (χ2n) is 13.5. The lowest BCUT2D eigenvalue weighted by molar-refractivity contribution is -0.124. The summed E-state index contributed by atoms with van der Waals surface area (Å²) in [5.41, 5.74) is 0.319. The van der Waals surface area contributed by atoms with Gasteiger partial charge in [0.1, 0.15) is 12.1 Å². The van der Waals surface area contributed by atoms with Crippen molar-refractivity contribution < 1.29 is 14.0 Å². The minimum Gasteiger partial charge on any atom is -0.388 e. The van der Waals surface area contributed by atoms with Crippen molar-refractivity contribution in [2.75, 3.05) is 12.4 Å². The van der Waals surface area contributed by atoms with Crippen LogP contribution in [-0.2, 0) is 15.0 Å². The summed E-state index contributed by atoms with van der Waals surface area (Å²) in [6, 6.07) is 8.82.